The van der Waals surface area contributed by atoms with E-state index in [1.807, 2.05) is 18.3 Å². The van der Waals surface area contributed by atoms with Gasteiger partial charge < -0.3 is 5.32 Å². The molecular formula is C10H14ClN3. The lowest BCUT2D eigenvalue weighted by Gasteiger charge is -2.35. The summed E-state index contributed by atoms with van der Waals surface area (Å²) in [5.74, 6) is 0. The van der Waals surface area contributed by atoms with Crippen LogP contribution in [-0.2, 0) is 6.54 Å². The zero-order valence-corrected chi connectivity index (χ0v) is 8.96. The van der Waals surface area contributed by atoms with E-state index in [4.69, 9.17) is 11.6 Å². The van der Waals surface area contributed by atoms with E-state index < -0.39 is 0 Å². The predicted molar refractivity (Wildman–Crippen MR) is 57.4 cm³/mol. The molecule has 76 valence electrons. The van der Waals surface area contributed by atoms with Gasteiger partial charge in [0.15, 0.2) is 0 Å². The van der Waals surface area contributed by atoms with Crippen LogP contribution in [0.2, 0.25) is 5.15 Å². The van der Waals surface area contributed by atoms with Gasteiger partial charge >= 0.3 is 0 Å². The van der Waals surface area contributed by atoms with Crippen molar-refractivity contribution in [3.63, 3.8) is 0 Å². The van der Waals surface area contributed by atoms with Crippen LogP contribution in [0, 0.1) is 0 Å². The molecule has 4 heteroatoms. The molecule has 1 fully saturated rings. The molecule has 1 aromatic heterocycles. The van der Waals surface area contributed by atoms with E-state index in [1.165, 1.54) is 5.56 Å². The third-order valence-corrected chi connectivity index (χ3v) is 2.83. The Bertz CT molecular complexity index is 295. The highest BCUT2D eigenvalue weighted by molar-refractivity contribution is 6.29. The molecular weight excluding hydrogens is 198 g/mol. The molecule has 1 aliphatic rings. The van der Waals surface area contributed by atoms with Gasteiger partial charge in [-0.2, -0.15) is 0 Å². The average Bonchev–Trinajstić information content (AvgIpc) is 2.06. The van der Waals surface area contributed by atoms with Crippen LogP contribution in [0.25, 0.3) is 0 Å². The maximum Gasteiger partial charge on any atom is 0.129 e. The number of halogens is 1. The summed E-state index contributed by atoms with van der Waals surface area (Å²) in [6.45, 7) is 3.13. The van der Waals surface area contributed by atoms with E-state index in [-0.39, 0.29) is 0 Å². The van der Waals surface area contributed by atoms with E-state index in [2.05, 4.69) is 22.2 Å². The Balaban J connectivity index is 1.92. The minimum Gasteiger partial charge on any atom is -0.314 e. The second kappa shape index (κ2) is 4.26. The van der Waals surface area contributed by atoms with E-state index in [0.717, 1.165) is 19.6 Å². The highest BCUT2D eigenvalue weighted by atomic mass is 35.5. The minimum absolute atomic E-state index is 0.557. The first-order valence-electron chi connectivity index (χ1n) is 4.77. The van der Waals surface area contributed by atoms with Gasteiger partial charge in [-0.05, 0) is 18.7 Å². The van der Waals surface area contributed by atoms with E-state index in [9.17, 15) is 0 Å². The molecule has 0 bridgehead atoms. The number of nitrogens with one attached hydrogen (secondary N) is 1. The molecule has 2 rings (SSSR count). The normalized spacial score (nSPS) is 17.1. The molecule has 0 unspecified atom stereocenters. The van der Waals surface area contributed by atoms with Gasteiger partial charge in [-0.3, -0.25) is 4.90 Å². The van der Waals surface area contributed by atoms with Crippen molar-refractivity contribution in [2.45, 2.75) is 12.6 Å². The lowest BCUT2D eigenvalue weighted by Crippen LogP contribution is -2.55. The van der Waals surface area contributed by atoms with Gasteiger partial charge in [0.1, 0.15) is 5.15 Å². The fraction of sp³-hybridized carbons (Fsp3) is 0.500. The zero-order valence-electron chi connectivity index (χ0n) is 8.20. The molecule has 1 N–H and O–H groups in total. The van der Waals surface area contributed by atoms with Gasteiger partial charge in [-0.25, -0.2) is 4.98 Å². The van der Waals surface area contributed by atoms with Crippen LogP contribution in [0.15, 0.2) is 18.3 Å². The third-order valence-electron chi connectivity index (χ3n) is 2.60. The zero-order chi connectivity index (χ0) is 9.97. The molecule has 0 saturated carbocycles. The number of hydrogen-bond donors (Lipinski definition) is 1. The molecule has 0 aliphatic carbocycles. The Morgan fingerprint density at radius 3 is 2.86 bits per heavy atom. The van der Waals surface area contributed by atoms with Gasteiger partial charge in [-0.1, -0.05) is 17.7 Å². The van der Waals surface area contributed by atoms with Gasteiger partial charge in [0.25, 0.3) is 0 Å². The van der Waals surface area contributed by atoms with Crippen LogP contribution >= 0.6 is 11.6 Å². The topological polar surface area (TPSA) is 28.2 Å². The summed E-state index contributed by atoms with van der Waals surface area (Å²) in [6, 6.07) is 4.53. The van der Waals surface area contributed by atoms with Crippen molar-refractivity contribution in [3.05, 3.63) is 29.0 Å². The summed E-state index contributed by atoms with van der Waals surface area (Å²) in [7, 11) is 2.14. The molecule has 1 saturated heterocycles. The number of rotatable bonds is 3. The van der Waals surface area contributed by atoms with Crippen molar-refractivity contribution in [1.82, 2.24) is 15.2 Å². The first kappa shape index (κ1) is 9.90. The largest absolute Gasteiger partial charge is 0.314 e. The molecule has 1 aliphatic heterocycles. The third kappa shape index (κ3) is 2.23. The van der Waals surface area contributed by atoms with Crippen molar-refractivity contribution in [1.29, 1.82) is 0 Å². The van der Waals surface area contributed by atoms with Crippen LogP contribution in [0.1, 0.15) is 5.56 Å². The summed E-state index contributed by atoms with van der Waals surface area (Å²) in [5, 5.41) is 3.82. The van der Waals surface area contributed by atoms with Crippen LogP contribution in [0.3, 0.4) is 0 Å². The predicted octanol–water partition coefficient (Wildman–Crippen LogP) is 1.14. The molecule has 0 radical (unpaired) electrons. The Morgan fingerprint density at radius 1 is 1.57 bits per heavy atom. The van der Waals surface area contributed by atoms with E-state index >= 15 is 0 Å². The van der Waals surface area contributed by atoms with Crippen LogP contribution < -0.4 is 5.32 Å². The van der Waals surface area contributed by atoms with Gasteiger partial charge in [0, 0.05) is 31.9 Å². The maximum absolute atomic E-state index is 5.71. The summed E-state index contributed by atoms with van der Waals surface area (Å²) in [4.78, 5) is 6.39. The smallest absolute Gasteiger partial charge is 0.129 e. The average molecular weight is 212 g/mol. The Hall–Kier alpha value is -0.640. The highest BCUT2D eigenvalue weighted by Gasteiger charge is 2.21. The van der Waals surface area contributed by atoms with Crippen molar-refractivity contribution >= 4 is 11.6 Å². The number of hydrogen-bond acceptors (Lipinski definition) is 3. The second-order valence-electron chi connectivity index (χ2n) is 3.72. The lowest BCUT2D eigenvalue weighted by atomic mass is 10.1. The quantitative estimate of drug-likeness (QED) is 0.761. The highest BCUT2D eigenvalue weighted by Crippen LogP contribution is 2.10. The minimum atomic E-state index is 0.557. The van der Waals surface area contributed by atoms with Crippen LogP contribution in [-0.4, -0.2) is 36.1 Å². The fourth-order valence-electron chi connectivity index (χ4n) is 1.50. The van der Waals surface area contributed by atoms with Crippen molar-refractivity contribution in [2.24, 2.45) is 0 Å². The summed E-state index contributed by atoms with van der Waals surface area (Å²) < 4.78 is 0. The molecule has 0 spiro atoms. The Labute approximate surface area is 89.1 Å². The molecule has 2 heterocycles. The van der Waals surface area contributed by atoms with E-state index in [1.54, 1.807) is 0 Å². The van der Waals surface area contributed by atoms with E-state index in [0.29, 0.717) is 11.2 Å². The Kier molecular flexibility index (Phi) is 3.01. The standard InChI is InChI=1S/C10H14ClN3/c1-14(9-5-12-6-9)7-8-2-3-10(11)13-4-8/h2-4,9,12H,5-7H2,1H3. The number of pyridine rings is 1. The van der Waals surface area contributed by atoms with Gasteiger partial charge in [-0.15, -0.1) is 0 Å². The van der Waals surface area contributed by atoms with Crippen LogP contribution in [0.5, 0.6) is 0 Å². The van der Waals surface area contributed by atoms with Crippen molar-refractivity contribution in [2.75, 3.05) is 20.1 Å². The van der Waals surface area contributed by atoms with Gasteiger partial charge in [0.05, 0.1) is 0 Å². The van der Waals surface area contributed by atoms with Crippen molar-refractivity contribution < 1.29 is 0 Å². The van der Waals surface area contributed by atoms with Crippen molar-refractivity contribution in [3.8, 4) is 0 Å². The number of nitrogens with zero attached hydrogens (tertiary/aromatic N) is 2. The molecule has 0 aromatic carbocycles. The monoisotopic (exact) mass is 211 g/mol. The molecule has 0 atom stereocenters. The second-order valence-corrected chi connectivity index (χ2v) is 4.10. The first-order chi connectivity index (χ1) is 6.75. The maximum atomic E-state index is 5.71. The SMILES string of the molecule is CN(Cc1ccc(Cl)nc1)C1CNC1. The number of aromatic nitrogens is 1. The molecule has 14 heavy (non-hydrogen) atoms. The van der Waals surface area contributed by atoms with Crippen LogP contribution in [0.4, 0.5) is 0 Å². The summed E-state index contributed by atoms with van der Waals surface area (Å²) in [6.07, 6.45) is 1.84. The van der Waals surface area contributed by atoms with Gasteiger partial charge in [0.2, 0.25) is 0 Å². The summed E-state index contributed by atoms with van der Waals surface area (Å²) >= 11 is 5.71. The first-order valence-corrected chi connectivity index (χ1v) is 5.15. The molecule has 1 aromatic rings. The lowest BCUT2D eigenvalue weighted by molar-refractivity contribution is 0.173. The fourth-order valence-corrected chi connectivity index (χ4v) is 1.61. The molecule has 3 nitrogen and oxygen atoms in total. The molecule has 0 amide bonds. The number of likely N-dealkylation sites (N-methyl/N-ethyl adjacent to an activating group) is 1. The summed E-state index contributed by atoms with van der Waals surface area (Å²) in [5.41, 5.74) is 1.21. The Morgan fingerprint density at radius 2 is 2.36 bits per heavy atom.